The van der Waals surface area contributed by atoms with E-state index in [0.717, 1.165) is 57.0 Å². The lowest BCUT2D eigenvalue weighted by Crippen LogP contribution is -2.50. The van der Waals surface area contributed by atoms with Gasteiger partial charge in [0.25, 0.3) is 0 Å². The molecule has 0 aromatic carbocycles. The molecule has 0 aromatic rings. The van der Waals surface area contributed by atoms with Crippen LogP contribution in [-0.4, -0.2) is 64.8 Å². The number of likely N-dealkylation sites (N-methyl/N-ethyl adjacent to an activating group) is 1. The van der Waals surface area contributed by atoms with Crippen molar-refractivity contribution < 1.29 is 4.21 Å². The van der Waals surface area contributed by atoms with Crippen LogP contribution in [0, 0.1) is 0 Å². The van der Waals surface area contributed by atoms with Gasteiger partial charge in [-0.3, -0.25) is 14.1 Å². The third-order valence-electron chi connectivity index (χ3n) is 4.85. The molecule has 7 heteroatoms. The summed E-state index contributed by atoms with van der Waals surface area (Å²) in [5.74, 6) is 1.64. The van der Waals surface area contributed by atoms with Crippen molar-refractivity contribution in [3.63, 3.8) is 0 Å². The monoisotopic (exact) mass is 472 g/mol. The molecule has 1 saturated carbocycles. The van der Waals surface area contributed by atoms with Crippen LogP contribution in [0.15, 0.2) is 4.99 Å². The molecule has 0 aromatic heterocycles. The van der Waals surface area contributed by atoms with Gasteiger partial charge in [0.05, 0.1) is 0 Å². The van der Waals surface area contributed by atoms with Crippen molar-refractivity contribution in [2.75, 3.05) is 32.4 Å². The summed E-state index contributed by atoms with van der Waals surface area (Å²) < 4.78 is 12.1. The standard InChI is InChI=1S/C17H36N4OS.HI/c1-6-21(7-2)14(4)13-19-17(18-5)20-15-10-9-11-16(12-15)23(22)8-3;/h14-16H,6-13H2,1-5H3,(H2,18,19,20);1H. The van der Waals surface area contributed by atoms with E-state index in [1.165, 1.54) is 0 Å². The Kier molecular flexibility index (Phi) is 13.4. The van der Waals surface area contributed by atoms with E-state index in [0.29, 0.717) is 17.3 Å². The Morgan fingerprint density at radius 2 is 1.96 bits per heavy atom. The summed E-state index contributed by atoms with van der Waals surface area (Å²) in [5.41, 5.74) is 0. The van der Waals surface area contributed by atoms with E-state index in [4.69, 9.17) is 0 Å². The fourth-order valence-electron chi connectivity index (χ4n) is 3.36. The maximum absolute atomic E-state index is 12.1. The quantitative estimate of drug-likeness (QED) is 0.324. The molecule has 2 N–H and O–H groups in total. The van der Waals surface area contributed by atoms with Crippen LogP contribution < -0.4 is 10.6 Å². The zero-order valence-electron chi connectivity index (χ0n) is 16.0. The maximum atomic E-state index is 12.1. The third kappa shape index (κ3) is 7.99. The second-order valence-corrected chi connectivity index (χ2v) is 8.33. The van der Waals surface area contributed by atoms with Gasteiger partial charge in [0.1, 0.15) is 0 Å². The van der Waals surface area contributed by atoms with Crippen LogP contribution in [0.3, 0.4) is 0 Å². The summed E-state index contributed by atoms with van der Waals surface area (Å²) in [6.07, 6.45) is 4.39. The van der Waals surface area contributed by atoms with Crippen molar-refractivity contribution >= 4 is 40.7 Å². The zero-order valence-corrected chi connectivity index (χ0v) is 19.2. The van der Waals surface area contributed by atoms with Crippen LogP contribution >= 0.6 is 24.0 Å². The first-order valence-electron chi connectivity index (χ1n) is 9.13. The van der Waals surface area contributed by atoms with Gasteiger partial charge in [-0.2, -0.15) is 0 Å². The Hall–Kier alpha value is 0.110. The fraction of sp³-hybridized carbons (Fsp3) is 0.941. The Bertz CT molecular complexity index is 391. The molecule has 5 nitrogen and oxygen atoms in total. The highest BCUT2D eigenvalue weighted by atomic mass is 127. The smallest absolute Gasteiger partial charge is 0.191 e. The first-order chi connectivity index (χ1) is 11.0. The molecule has 0 spiro atoms. The Labute approximate surface area is 168 Å². The minimum absolute atomic E-state index is 0. The van der Waals surface area contributed by atoms with Crippen LogP contribution in [-0.2, 0) is 10.8 Å². The molecule has 1 aliphatic rings. The van der Waals surface area contributed by atoms with Crippen LogP contribution in [0.5, 0.6) is 0 Å². The average Bonchev–Trinajstić information content (AvgIpc) is 2.59. The highest BCUT2D eigenvalue weighted by Crippen LogP contribution is 2.22. The number of halogens is 1. The Balaban J connectivity index is 0.00000529. The third-order valence-corrected chi connectivity index (χ3v) is 6.59. The van der Waals surface area contributed by atoms with Gasteiger partial charge in [-0.15, -0.1) is 24.0 Å². The molecule has 1 rings (SSSR count). The number of nitrogens with one attached hydrogen (secondary N) is 2. The summed E-state index contributed by atoms with van der Waals surface area (Å²) in [4.78, 5) is 6.79. The Morgan fingerprint density at radius 3 is 2.50 bits per heavy atom. The minimum atomic E-state index is -0.678. The van der Waals surface area contributed by atoms with Crippen LogP contribution in [0.25, 0.3) is 0 Å². The second kappa shape index (κ2) is 13.3. The molecule has 24 heavy (non-hydrogen) atoms. The number of aliphatic imine (C=N–C) groups is 1. The molecule has 144 valence electrons. The molecule has 0 heterocycles. The highest BCUT2D eigenvalue weighted by molar-refractivity contribution is 14.0. The first-order valence-corrected chi connectivity index (χ1v) is 10.5. The molecule has 0 amide bonds. The van der Waals surface area contributed by atoms with E-state index in [1.807, 2.05) is 14.0 Å². The topological polar surface area (TPSA) is 56.7 Å². The van der Waals surface area contributed by atoms with Crippen LogP contribution in [0.4, 0.5) is 0 Å². The van der Waals surface area contributed by atoms with E-state index in [9.17, 15) is 4.21 Å². The van der Waals surface area contributed by atoms with Crippen molar-refractivity contribution in [2.45, 2.75) is 70.7 Å². The van der Waals surface area contributed by atoms with Gasteiger partial charge in [-0.1, -0.05) is 27.2 Å². The van der Waals surface area contributed by atoms with Gasteiger partial charge in [0.2, 0.25) is 0 Å². The molecule has 0 bridgehead atoms. The van der Waals surface area contributed by atoms with Gasteiger partial charge in [-0.25, -0.2) is 0 Å². The number of hydrogen-bond donors (Lipinski definition) is 2. The maximum Gasteiger partial charge on any atom is 0.191 e. The van der Waals surface area contributed by atoms with Crippen molar-refractivity contribution in [1.82, 2.24) is 15.5 Å². The van der Waals surface area contributed by atoms with Gasteiger partial charge in [0, 0.05) is 47.5 Å². The summed E-state index contributed by atoms with van der Waals surface area (Å²) in [7, 11) is 1.14. The number of guanidine groups is 1. The predicted molar refractivity (Wildman–Crippen MR) is 117 cm³/mol. The normalized spacial score (nSPS) is 24.2. The van der Waals surface area contributed by atoms with Gasteiger partial charge in [0.15, 0.2) is 5.96 Å². The molecule has 4 unspecified atom stereocenters. The summed E-state index contributed by atoms with van der Waals surface area (Å²) in [6, 6.07) is 0.870. The van der Waals surface area contributed by atoms with E-state index in [1.54, 1.807) is 0 Å². The summed E-state index contributed by atoms with van der Waals surface area (Å²) in [5, 5.41) is 7.32. The minimum Gasteiger partial charge on any atom is -0.355 e. The number of nitrogens with zero attached hydrogens (tertiary/aromatic N) is 2. The molecule has 1 aliphatic carbocycles. The molecule has 4 atom stereocenters. The molecule has 0 saturated heterocycles. The number of hydrogen-bond acceptors (Lipinski definition) is 3. The predicted octanol–water partition coefficient (Wildman–Crippen LogP) is 2.58. The van der Waals surface area contributed by atoms with E-state index in [2.05, 4.69) is 41.3 Å². The lowest BCUT2D eigenvalue weighted by atomic mass is 9.95. The van der Waals surface area contributed by atoms with Gasteiger partial charge in [-0.05, 0) is 39.3 Å². The average molecular weight is 472 g/mol. The van der Waals surface area contributed by atoms with E-state index in [-0.39, 0.29) is 24.0 Å². The van der Waals surface area contributed by atoms with Crippen LogP contribution in [0.2, 0.25) is 0 Å². The van der Waals surface area contributed by atoms with Gasteiger partial charge < -0.3 is 10.6 Å². The lowest BCUT2D eigenvalue weighted by Gasteiger charge is -2.31. The largest absolute Gasteiger partial charge is 0.355 e. The summed E-state index contributed by atoms with van der Waals surface area (Å²) in [6.45, 7) is 11.7. The summed E-state index contributed by atoms with van der Waals surface area (Å²) >= 11 is 0. The Morgan fingerprint density at radius 1 is 1.29 bits per heavy atom. The van der Waals surface area contributed by atoms with Crippen molar-refractivity contribution in [3.05, 3.63) is 0 Å². The molecule has 1 fully saturated rings. The van der Waals surface area contributed by atoms with Crippen molar-refractivity contribution in [1.29, 1.82) is 0 Å². The molecule has 0 aliphatic heterocycles. The first kappa shape index (κ1) is 24.1. The second-order valence-electron chi connectivity index (χ2n) is 6.32. The number of rotatable bonds is 8. The molecular formula is C17H37IN4OS. The van der Waals surface area contributed by atoms with Crippen LogP contribution in [0.1, 0.15) is 53.4 Å². The van der Waals surface area contributed by atoms with Crippen molar-refractivity contribution in [3.8, 4) is 0 Å². The molecular weight excluding hydrogens is 435 g/mol. The van der Waals surface area contributed by atoms with Crippen molar-refractivity contribution in [2.24, 2.45) is 4.99 Å². The van der Waals surface area contributed by atoms with E-state index < -0.39 is 10.8 Å². The zero-order chi connectivity index (χ0) is 17.2. The van der Waals surface area contributed by atoms with Gasteiger partial charge >= 0.3 is 0 Å². The highest BCUT2D eigenvalue weighted by Gasteiger charge is 2.26. The fourth-order valence-corrected chi connectivity index (χ4v) is 4.71. The SMILES string of the molecule is CCN(CC)C(C)CNC(=NC)NC1CCCC(S(=O)CC)C1.I. The van der Waals surface area contributed by atoms with E-state index >= 15 is 0 Å². The lowest BCUT2D eigenvalue weighted by molar-refractivity contribution is 0.231. The molecule has 0 radical (unpaired) electrons.